The Morgan fingerprint density at radius 3 is 2.17 bits per heavy atom. The highest BCUT2D eigenvalue weighted by molar-refractivity contribution is 7.88. The van der Waals surface area contributed by atoms with Crippen molar-refractivity contribution in [3.63, 3.8) is 0 Å². The zero-order chi connectivity index (χ0) is 29.1. The Morgan fingerprint density at radius 1 is 1.05 bits per heavy atom. The molecule has 208 valence electrons. The first-order chi connectivity index (χ1) is 18.9. The predicted octanol–water partition coefficient (Wildman–Crippen LogP) is 5.09. The lowest BCUT2D eigenvalue weighted by atomic mass is 9.95. The number of ether oxygens (including phenoxy) is 1. The van der Waals surface area contributed by atoms with Crippen LogP contribution in [0.3, 0.4) is 0 Å². The molecule has 2 amide bonds. The smallest absolute Gasteiger partial charge is 0.465 e. The molecular weight excluding hydrogens is 553 g/mol. The van der Waals surface area contributed by atoms with Gasteiger partial charge >= 0.3 is 27.6 Å². The Labute approximate surface area is 226 Å². The Balaban J connectivity index is 1.73. The maximum absolute atomic E-state index is 13.1. The van der Waals surface area contributed by atoms with Crippen molar-refractivity contribution >= 4 is 33.5 Å². The topological polar surface area (TPSA) is 147 Å². The number of esters is 1. The summed E-state index contributed by atoms with van der Waals surface area (Å²) in [6.45, 7) is 1.60. The second-order valence-electron chi connectivity index (χ2n) is 8.66. The zero-order valence-corrected chi connectivity index (χ0v) is 21.6. The third-order valence-electron chi connectivity index (χ3n) is 5.96. The molecule has 0 aliphatic heterocycles. The van der Waals surface area contributed by atoms with E-state index in [1.54, 1.807) is 43.3 Å². The molecule has 0 saturated heterocycles. The van der Waals surface area contributed by atoms with Crippen molar-refractivity contribution < 1.29 is 40.1 Å². The van der Waals surface area contributed by atoms with Crippen LogP contribution in [-0.2, 0) is 25.1 Å². The van der Waals surface area contributed by atoms with Gasteiger partial charge in [0.15, 0.2) is 0 Å². The Bertz CT molecular complexity index is 1580. The molecule has 0 spiro atoms. The number of amides is 2. The molecule has 10 nitrogen and oxygen atoms in total. The lowest BCUT2D eigenvalue weighted by Crippen LogP contribution is -2.29. The van der Waals surface area contributed by atoms with Crippen LogP contribution in [0, 0.1) is 11.3 Å². The van der Waals surface area contributed by atoms with Crippen LogP contribution >= 0.6 is 0 Å². The van der Waals surface area contributed by atoms with Gasteiger partial charge < -0.3 is 19.6 Å². The molecule has 0 unspecified atom stereocenters. The van der Waals surface area contributed by atoms with Crippen LogP contribution in [0.1, 0.15) is 31.0 Å². The fourth-order valence-electron chi connectivity index (χ4n) is 3.82. The monoisotopic (exact) mass is 574 g/mol. The normalized spacial score (nSPS) is 14.0. The fourth-order valence-corrected chi connectivity index (χ4v) is 4.24. The Morgan fingerprint density at radius 2 is 1.65 bits per heavy atom. The highest BCUT2D eigenvalue weighted by Crippen LogP contribution is 2.50. The molecule has 1 saturated carbocycles. The van der Waals surface area contributed by atoms with E-state index in [4.69, 9.17) is 4.74 Å². The summed E-state index contributed by atoms with van der Waals surface area (Å²) < 4.78 is 72.3. The molecule has 14 heteroatoms. The molecule has 1 aromatic heterocycles. The molecular formula is C26H21F3N4O6S. The molecule has 40 heavy (non-hydrogen) atoms. The molecule has 1 fully saturated rings. The minimum atomic E-state index is -6.18. The summed E-state index contributed by atoms with van der Waals surface area (Å²) in [5.41, 5.74) is -6.70. The van der Waals surface area contributed by atoms with Crippen molar-refractivity contribution in [3.05, 3.63) is 71.9 Å². The standard InChI is InChI=1S/C26H21F3N4O6S/c1-2-38-23(34)25(12-13-25)21-14-19(20(15-30)22(33-21)39-40(36,37)26(27,28)29)16-8-10-18(11-9-16)32-24(35)31-17-6-4-3-5-7-17/h3-11,14H,2,12-13H2,1H3,(H2,31,32,35). The summed E-state index contributed by atoms with van der Waals surface area (Å²) >= 11 is 0. The first kappa shape index (κ1) is 28.4. The van der Waals surface area contributed by atoms with Crippen molar-refractivity contribution in [2.45, 2.75) is 30.7 Å². The number of anilines is 2. The number of hydrogen-bond acceptors (Lipinski definition) is 8. The molecule has 0 radical (unpaired) electrons. The number of para-hydroxylation sites is 1. The van der Waals surface area contributed by atoms with E-state index < -0.39 is 44.5 Å². The number of nitrogens with zero attached hydrogens (tertiary/aromatic N) is 2. The Kier molecular flexibility index (Phi) is 7.70. The number of nitriles is 1. The van der Waals surface area contributed by atoms with Gasteiger partial charge in [0.1, 0.15) is 17.0 Å². The highest BCUT2D eigenvalue weighted by atomic mass is 32.2. The summed E-state index contributed by atoms with van der Waals surface area (Å²) in [4.78, 5) is 28.8. The van der Waals surface area contributed by atoms with Gasteiger partial charge in [-0.3, -0.25) is 4.79 Å². The van der Waals surface area contributed by atoms with Crippen LogP contribution in [0.5, 0.6) is 5.88 Å². The van der Waals surface area contributed by atoms with Gasteiger partial charge in [-0.2, -0.15) is 26.9 Å². The number of benzene rings is 2. The minimum absolute atomic E-state index is 0.0296. The van der Waals surface area contributed by atoms with Crippen LogP contribution in [-0.4, -0.2) is 37.5 Å². The molecule has 0 bridgehead atoms. The average molecular weight is 575 g/mol. The van der Waals surface area contributed by atoms with Crippen molar-refractivity contribution in [3.8, 4) is 23.1 Å². The van der Waals surface area contributed by atoms with E-state index in [9.17, 15) is 36.4 Å². The van der Waals surface area contributed by atoms with Crippen LogP contribution in [0.2, 0.25) is 0 Å². The molecule has 0 atom stereocenters. The molecule has 2 N–H and O–H groups in total. The number of rotatable bonds is 8. The zero-order valence-electron chi connectivity index (χ0n) is 20.8. The van der Waals surface area contributed by atoms with E-state index in [0.717, 1.165) is 0 Å². The summed E-state index contributed by atoms with van der Waals surface area (Å²) in [5, 5.41) is 15.0. The van der Waals surface area contributed by atoms with E-state index in [1.807, 2.05) is 0 Å². The van der Waals surface area contributed by atoms with Gasteiger partial charge in [0.25, 0.3) is 5.88 Å². The number of urea groups is 1. The summed E-state index contributed by atoms with van der Waals surface area (Å²) in [5.74, 6) is -1.81. The van der Waals surface area contributed by atoms with Crippen LogP contribution in [0.15, 0.2) is 60.7 Å². The molecule has 3 aromatic rings. The van der Waals surface area contributed by atoms with Crippen LogP contribution < -0.4 is 14.8 Å². The van der Waals surface area contributed by atoms with Gasteiger partial charge in [-0.15, -0.1) is 0 Å². The van der Waals surface area contributed by atoms with E-state index in [1.165, 1.54) is 30.3 Å². The second-order valence-corrected chi connectivity index (χ2v) is 10.2. The van der Waals surface area contributed by atoms with Gasteiger partial charge in [-0.25, -0.2) is 9.78 Å². The molecule has 2 aromatic carbocycles. The molecule has 1 aliphatic rings. The lowest BCUT2D eigenvalue weighted by molar-refractivity contribution is -0.146. The van der Waals surface area contributed by atoms with Crippen molar-refractivity contribution in [1.29, 1.82) is 5.26 Å². The number of alkyl halides is 3. The lowest BCUT2D eigenvalue weighted by Gasteiger charge is -2.18. The maximum atomic E-state index is 13.1. The van der Waals surface area contributed by atoms with E-state index in [2.05, 4.69) is 19.8 Å². The van der Waals surface area contributed by atoms with Gasteiger partial charge in [-0.05, 0) is 55.7 Å². The minimum Gasteiger partial charge on any atom is -0.465 e. The van der Waals surface area contributed by atoms with Gasteiger partial charge in [-0.1, -0.05) is 30.3 Å². The summed E-state index contributed by atoms with van der Waals surface area (Å²) in [6.07, 6.45) is 0.490. The fraction of sp³-hybridized carbons (Fsp3) is 0.231. The first-order valence-electron chi connectivity index (χ1n) is 11.8. The first-order valence-corrected chi connectivity index (χ1v) is 13.2. The number of nitrogens with one attached hydrogen (secondary N) is 2. The largest absolute Gasteiger partial charge is 0.534 e. The number of carbonyl (C=O) groups is 2. The van der Waals surface area contributed by atoms with Crippen molar-refractivity contribution in [2.24, 2.45) is 0 Å². The van der Waals surface area contributed by atoms with Crippen LogP contribution in [0.4, 0.5) is 29.3 Å². The van der Waals surface area contributed by atoms with Crippen LogP contribution in [0.25, 0.3) is 11.1 Å². The predicted molar refractivity (Wildman–Crippen MR) is 137 cm³/mol. The maximum Gasteiger partial charge on any atom is 0.534 e. The van der Waals surface area contributed by atoms with Crippen molar-refractivity contribution in [2.75, 3.05) is 17.2 Å². The number of hydrogen-bond donors (Lipinski definition) is 2. The average Bonchev–Trinajstić information content (AvgIpc) is 3.71. The molecule has 1 aliphatic carbocycles. The Hall–Kier alpha value is -4.64. The third kappa shape index (κ3) is 5.84. The SMILES string of the molecule is CCOC(=O)C1(c2cc(-c3ccc(NC(=O)Nc4ccccc4)cc3)c(C#N)c(OS(=O)(=O)C(F)(F)F)n2)CC1. The summed E-state index contributed by atoms with van der Waals surface area (Å²) in [7, 11) is -6.18. The van der Waals surface area contributed by atoms with Gasteiger partial charge in [0.2, 0.25) is 0 Å². The third-order valence-corrected chi connectivity index (χ3v) is 6.91. The van der Waals surface area contributed by atoms with E-state index in [-0.39, 0.29) is 36.3 Å². The second kappa shape index (κ2) is 10.9. The number of carbonyl (C=O) groups excluding carboxylic acids is 2. The number of halogens is 3. The van der Waals surface area contributed by atoms with Gasteiger partial charge in [0.05, 0.1) is 12.3 Å². The molecule has 4 rings (SSSR count). The number of pyridine rings is 1. The van der Waals surface area contributed by atoms with E-state index >= 15 is 0 Å². The van der Waals surface area contributed by atoms with Crippen molar-refractivity contribution in [1.82, 2.24) is 4.98 Å². The molecule has 1 heterocycles. The highest BCUT2D eigenvalue weighted by Gasteiger charge is 2.55. The van der Waals surface area contributed by atoms with Gasteiger partial charge in [0, 0.05) is 16.9 Å². The quantitative estimate of drug-likeness (QED) is 0.215. The van der Waals surface area contributed by atoms with E-state index in [0.29, 0.717) is 11.4 Å². The summed E-state index contributed by atoms with van der Waals surface area (Å²) in [6, 6.07) is 16.9. The number of aromatic nitrogens is 1.